The van der Waals surface area contributed by atoms with Gasteiger partial charge in [0.1, 0.15) is 6.54 Å². The number of amides is 1. The first-order chi connectivity index (χ1) is 16.4. The molecule has 0 fully saturated rings. The van der Waals surface area contributed by atoms with Crippen LogP contribution in [0.1, 0.15) is 55.0 Å². The van der Waals surface area contributed by atoms with Crippen molar-refractivity contribution in [3.05, 3.63) is 95.1 Å². The van der Waals surface area contributed by atoms with Crippen molar-refractivity contribution in [2.45, 2.75) is 56.9 Å². The number of carbonyl (C=O) groups is 1. The van der Waals surface area contributed by atoms with Gasteiger partial charge in [0, 0.05) is 0 Å². The second-order valence-corrected chi connectivity index (χ2v) is 10.7. The van der Waals surface area contributed by atoms with E-state index in [1.165, 1.54) is 28.3 Å². The summed E-state index contributed by atoms with van der Waals surface area (Å²) in [6.45, 7) is 3.69. The van der Waals surface area contributed by atoms with Crippen molar-refractivity contribution in [3.8, 4) is 0 Å². The first-order valence-electron chi connectivity index (χ1n) is 12.0. The molecule has 1 aliphatic carbocycles. The predicted octanol–water partition coefficient (Wildman–Crippen LogP) is 5.20. The van der Waals surface area contributed by atoms with Crippen LogP contribution in [-0.2, 0) is 34.1 Å². The van der Waals surface area contributed by atoms with Crippen LogP contribution in [0.5, 0.6) is 0 Å². The third-order valence-electron chi connectivity index (χ3n) is 6.50. The highest BCUT2D eigenvalue weighted by Gasteiger charge is 2.27. The van der Waals surface area contributed by atoms with Gasteiger partial charge in [0.15, 0.2) is 0 Å². The van der Waals surface area contributed by atoms with E-state index in [1.807, 2.05) is 26.0 Å². The molecule has 0 radical (unpaired) electrons. The van der Waals surface area contributed by atoms with Crippen LogP contribution in [0.4, 0.5) is 5.69 Å². The lowest BCUT2D eigenvalue weighted by atomic mass is 9.89. The maximum absolute atomic E-state index is 13.5. The van der Waals surface area contributed by atoms with Gasteiger partial charge in [0.25, 0.3) is 10.0 Å². The van der Waals surface area contributed by atoms with Crippen LogP contribution in [-0.4, -0.2) is 20.9 Å². The molecule has 1 amide bonds. The fraction of sp³-hybridized carbons (Fsp3) is 0.321. The SMILES string of the molecule is CCc1ccc(N(CC(=O)N[C@H](C)c2ccc3c(c2)CCCC3)S(=O)(=O)c2ccccc2)cc1. The van der Waals surface area contributed by atoms with E-state index in [2.05, 4.69) is 23.5 Å². The van der Waals surface area contributed by atoms with E-state index in [-0.39, 0.29) is 23.4 Å². The Morgan fingerprint density at radius 2 is 1.62 bits per heavy atom. The topological polar surface area (TPSA) is 66.5 Å². The number of rotatable bonds is 8. The second-order valence-electron chi connectivity index (χ2n) is 8.87. The van der Waals surface area contributed by atoms with E-state index < -0.39 is 10.0 Å². The minimum Gasteiger partial charge on any atom is -0.348 e. The van der Waals surface area contributed by atoms with Gasteiger partial charge in [0.05, 0.1) is 16.6 Å². The lowest BCUT2D eigenvalue weighted by molar-refractivity contribution is -0.120. The summed E-state index contributed by atoms with van der Waals surface area (Å²) in [4.78, 5) is 13.2. The summed E-state index contributed by atoms with van der Waals surface area (Å²) in [5.74, 6) is -0.343. The average molecular weight is 477 g/mol. The Labute approximate surface area is 202 Å². The number of nitrogens with zero attached hydrogens (tertiary/aromatic N) is 1. The fourth-order valence-corrected chi connectivity index (χ4v) is 5.90. The molecule has 1 N–H and O–H groups in total. The largest absolute Gasteiger partial charge is 0.348 e. The van der Waals surface area contributed by atoms with Crippen LogP contribution < -0.4 is 9.62 Å². The monoisotopic (exact) mass is 476 g/mol. The van der Waals surface area contributed by atoms with Crippen LogP contribution in [0.3, 0.4) is 0 Å². The molecule has 0 bridgehead atoms. The van der Waals surface area contributed by atoms with Crippen LogP contribution in [0.25, 0.3) is 0 Å². The van der Waals surface area contributed by atoms with E-state index >= 15 is 0 Å². The van der Waals surface area contributed by atoms with Gasteiger partial charge in [0.2, 0.25) is 5.91 Å². The van der Waals surface area contributed by atoms with Crippen molar-refractivity contribution in [2.75, 3.05) is 10.8 Å². The van der Waals surface area contributed by atoms with Crippen LogP contribution in [0.15, 0.2) is 77.7 Å². The highest BCUT2D eigenvalue weighted by atomic mass is 32.2. The Morgan fingerprint density at radius 3 is 2.29 bits per heavy atom. The Balaban J connectivity index is 1.56. The smallest absolute Gasteiger partial charge is 0.264 e. The molecule has 0 unspecified atom stereocenters. The van der Waals surface area contributed by atoms with Crippen molar-refractivity contribution in [3.63, 3.8) is 0 Å². The van der Waals surface area contributed by atoms with Crippen LogP contribution >= 0.6 is 0 Å². The minimum atomic E-state index is -3.91. The summed E-state index contributed by atoms with van der Waals surface area (Å²) in [5, 5.41) is 3.00. The highest BCUT2D eigenvalue weighted by Crippen LogP contribution is 2.26. The summed E-state index contributed by atoms with van der Waals surface area (Å²) in [5.41, 5.74) is 5.36. The molecule has 34 heavy (non-hydrogen) atoms. The molecular weight excluding hydrogens is 444 g/mol. The van der Waals surface area contributed by atoms with E-state index in [4.69, 9.17) is 0 Å². The molecule has 0 heterocycles. The summed E-state index contributed by atoms with van der Waals surface area (Å²) in [7, 11) is -3.91. The standard InChI is InChI=1S/C28H32N2O3S/c1-3-22-13-17-26(18-14-22)30(34(32,33)27-11-5-4-6-12-27)20-28(31)29-21(2)24-16-15-23-9-7-8-10-25(23)19-24/h4-6,11-19,21H,3,7-10,20H2,1-2H3,(H,29,31)/t21-/m1/s1. The number of aryl methyl sites for hydroxylation is 3. The molecule has 0 spiro atoms. The molecule has 0 aliphatic heterocycles. The quantitative estimate of drug-likeness (QED) is 0.486. The Hall–Kier alpha value is -3.12. The summed E-state index contributed by atoms with van der Waals surface area (Å²) < 4.78 is 28.2. The lowest BCUT2D eigenvalue weighted by Gasteiger charge is -2.25. The third kappa shape index (κ3) is 5.33. The minimum absolute atomic E-state index is 0.158. The zero-order valence-electron chi connectivity index (χ0n) is 19.8. The third-order valence-corrected chi connectivity index (χ3v) is 8.29. The van der Waals surface area contributed by atoms with Gasteiger partial charge in [-0.1, -0.05) is 55.5 Å². The first-order valence-corrected chi connectivity index (χ1v) is 13.4. The molecule has 178 valence electrons. The van der Waals surface area contributed by atoms with Crippen molar-refractivity contribution in [1.29, 1.82) is 0 Å². The van der Waals surface area contributed by atoms with Gasteiger partial charge in [-0.2, -0.15) is 0 Å². The van der Waals surface area contributed by atoms with E-state index in [0.717, 1.165) is 30.4 Å². The number of carbonyl (C=O) groups excluding carboxylic acids is 1. The summed E-state index contributed by atoms with van der Waals surface area (Å²) in [6, 6.07) is 21.8. The lowest BCUT2D eigenvalue weighted by Crippen LogP contribution is -2.41. The molecule has 0 saturated carbocycles. The molecule has 0 saturated heterocycles. The summed E-state index contributed by atoms with van der Waals surface area (Å²) >= 11 is 0. The van der Waals surface area contributed by atoms with Gasteiger partial charge in [-0.15, -0.1) is 0 Å². The summed E-state index contributed by atoms with van der Waals surface area (Å²) in [6.07, 6.45) is 5.45. The van der Waals surface area contributed by atoms with Crippen LogP contribution in [0, 0.1) is 0 Å². The molecule has 4 rings (SSSR count). The number of sulfonamides is 1. The zero-order chi connectivity index (χ0) is 24.1. The van der Waals surface area contributed by atoms with Crippen molar-refractivity contribution in [1.82, 2.24) is 5.32 Å². The number of hydrogen-bond acceptors (Lipinski definition) is 3. The number of nitrogens with one attached hydrogen (secondary N) is 1. The Morgan fingerprint density at radius 1 is 0.941 bits per heavy atom. The normalized spacial score (nSPS) is 14.2. The first kappa shape index (κ1) is 24.0. The van der Waals surface area contributed by atoms with Crippen molar-refractivity contribution >= 4 is 21.6 Å². The highest BCUT2D eigenvalue weighted by molar-refractivity contribution is 7.92. The molecular formula is C28H32N2O3S. The van der Waals surface area contributed by atoms with Gasteiger partial charge < -0.3 is 5.32 Å². The van der Waals surface area contributed by atoms with Gasteiger partial charge in [-0.3, -0.25) is 9.10 Å². The van der Waals surface area contributed by atoms with Crippen LogP contribution in [0.2, 0.25) is 0 Å². The number of hydrogen-bond donors (Lipinski definition) is 1. The molecule has 5 nitrogen and oxygen atoms in total. The molecule has 1 aliphatic rings. The van der Waals surface area contributed by atoms with E-state index in [1.54, 1.807) is 42.5 Å². The zero-order valence-corrected chi connectivity index (χ0v) is 20.6. The predicted molar refractivity (Wildman–Crippen MR) is 136 cm³/mol. The van der Waals surface area contributed by atoms with Gasteiger partial charge in [-0.25, -0.2) is 8.42 Å². The van der Waals surface area contributed by atoms with Gasteiger partial charge in [-0.05, 0) is 85.5 Å². The molecule has 3 aromatic rings. The average Bonchev–Trinajstić information content (AvgIpc) is 2.87. The Bertz CT molecular complexity index is 1240. The molecule has 6 heteroatoms. The second kappa shape index (κ2) is 10.4. The van der Waals surface area contributed by atoms with Crippen molar-refractivity contribution in [2.24, 2.45) is 0 Å². The molecule has 0 aromatic heterocycles. The maximum Gasteiger partial charge on any atom is 0.264 e. The van der Waals surface area contributed by atoms with E-state index in [9.17, 15) is 13.2 Å². The van der Waals surface area contributed by atoms with Gasteiger partial charge >= 0.3 is 0 Å². The van der Waals surface area contributed by atoms with Crippen molar-refractivity contribution < 1.29 is 13.2 Å². The Kier molecular flexibility index (Phi) is 7.37. The van der Waals surface area contributed by atoms with E-state index in [0.29, 0.717) is 5.69 Å². The molecule has 1 atom stereocenters. The number of fused-ring (bicyclic) bond motifs is 1. The maximum atomic E-state index is 13.5. The number of benzene rings is 3. The fourth-order valence-electron chi connectivity index (χ4n) is 4.46. The number of anilines is 1. The molecule has 3 aromatic carbocycles.